The number of amides is 1. The summed E-state index contributed by atoms with van der Waals surface area (Å²) in [5.41, 5.74) is 1.37. The van der Waals surface area contributed by atoms with E-state index in [2.05, 4.69) is 15.9 Å². The van der Waals surface area contributed by atoms with E-state index in [4.69, 9.17) is 0 Å². The Labute approximate surface area is 121 Å². The number of carbonyl (C=O) groups is 2. The standard InChI is InChI=1S/C14H17BrN2O2/c1-16(9-14(19)17-6-2-3-7-17)13-8-12(15)5-4-11(13)10-18/h4-5,8,10H,2-3,6-7,9H2,1H3. The van der Waals surface area contributed by atoms with Crippen LogP contribution in [0.4, 0.5) is 5.69 Å². The summed E-state index contributed by atoms with van der Waals surface area (Å²) in [4.78, 5) is 26.9. The predicted octanol–water partition coefficient (Wildman–Crippen LogP) is 2.32. The molecule has 0 unspecified atom stereocenters. The van der Waals surface area contributed by atoms with Gasteiger partial charge in [-0.2, -0.15) is 0 Å². The second kappa shape index (κ2) is 6.19. The van der Waals surface area contributed by atoms with Crippen molar-refractivity contribution in [3.05, 3.63) is 28.2 Å². The SMILES string of the molecule is CN(CC(=O)N1CCCC1)c1cc(Br)ccc1C=O. The van der Waals surface area contributed by atoms with E-state index in [0.29, 0.717) is 12.1 Å². The Morgan fingerprint density at radius 1 is 1.42 bits per heavy atom. The van der Waals surface area contributed by atoms with Crippen molar-refractivity contribution in [2.75, 3.05) is 31.6 Å². The van der Waals surface area contributed by atoms with Crippen LogP contribution in [0.2, 0.25) is 0 Å². The smallest absolute Gasteiger partial charge is 0.242 e. The van der Waals surface area contributed by atoms with Gasteiger partial charge in [0.25, 0.3) is 0 Å². The van der Waals surface area contributed by atoms with E-state index in [0.717, 1.165) is 42.4 Å². The van der Waals surface area contributed by atoms with Crippen molar-refractivity contribution >= 4 is 33.8 Å². The molecule has 1 fully saturated rings. The second-order valence-corrected chi connectivity index (χ2v) is 5.68. The Hall–Kier alpha value is -1.36. The molecule has 1 saturated heterocycles. The maximum absolute atomic E-state index is 12.1. The molecule has 0 bridgehead atoms. The molecule has 2 rings (SSSR count). The number of carbonyl (C=O) groups excluding carboxylic acids is 2. The van der Waals surface area contributed by atoms with E-state index < -0.39 is 0 Å². The first-order valence-corrected chi connectivity index (χ1v) is 7.15. The lowest BCUT2D eigenvalue weighted by Crippen LogP contribution is -2.37. The second-order valence-electron chi connectivity index (χ2n) is 4.76. The molecular weight excluding hydrogens is 308 g/mol. The third kappa shape index (κ3) is 3.35. The summed E-state index contributed by atoms with van der Waals surface area (Å²) in [6.45, 7) is 2.01. The lowest BCUT2D eigenvalue weighted by atomic mass is 10.2. The largest absolute Gasteiger partial charge is 0.365 e. The zero-order valence-corrected chi connectivity index (χ0v) is 12.5. The van der Waals surface area contributed by atoms with Gasteiger partial charge >= 0.3 is 0 Å². The molecule has 0 N–H and O–H groups in total. The van der Waals surface area contributed by atoms with Gasteiger partial charge < -0.3 is 9.80 Å². The van der Waals surface area contributed by atoms with E-state index in [-0.39, 0.29) is 5.91 Å². The maximum atomic E-state index is 12.1. The van der Waals surface area contributed by atoms with Crippen LogP contribution in [0, 0.1) is 0 Å². The summed E-state index contributed by atoms with van der Waals surface area (Å²) in [6, 6.07) is 5.44. The molecular formula is C14H17BrN2O2. The third-order valence-corrected chi connectivity index (χ3v) is 3.86. The van der Waals surface area contributed by atoms with Gasteiger partial charge in [-0.05, 0) is 31.0 Å². The van der Waals surface area contributed by atoms with E-state index >= 15 is 0 Å². The van der Waals surface area contributed by atoms with Crippen molar-refractivity contribution < 1.29 is 9.59 Å². The van der Waals surface area contributed by atoms with Gasteiger partial charge in [-0.1, -0.05) is 15.9 Å². The number of likely N-dealkylation sites (tertiary alicyclic amines) is 1. The van der Waals surface area contributed by atoms with Crippen LogP contribution in [0.15, 0.2) is 22.7 Å². The molecule has 0 atom stereocenters. The van der Waals surface area contributed by atoms with Crippen molar-refractivity contribution in [3.63, 3.8) is 0 Å². The minimum Gasteiger partial charge on any atom is -0.365 e. The van der Waals surface area contributed by atoms with Crippen LogP contribution in [0.5, 0.6) is 0 Å². The number of hydrogen-bond acceptors (Lipinski definition) is 3. The Morgan fingerprint density at radius 2 is 2.11 bits per heavy atom. The first-order valence-electron chi connectivity index (χ1n) is 6.35. The van der Waals surface area contributed by atoms with Crippen LogP contribution in [0.1, 0.15) is 23.2 Å². The number of likely N-dealkylation sites (N-methyl/N-ethyl adjacent to an activating group) is 1. The van der Waals surface area contributed by atoms with Crippen molar-refractivity contribution in [2.45, 2.75) is 12.8 Å². The first kappa shape index (κ1) is 14.1. The molecule has 19 heavy (non-hydrogen) atoms. The molecule has 1 aliphatic rings. The number of rotatable bonds is 4. The average Bonchev–Trinajstić information content (AvgIpc) is 2.92. The Morgan fingerprint density at radius 3 is 2.74 bits per heavy atom. The van der Waals surface area contributed by atoms with Gasteiger partial charge in [0, 0.05) is 35.9 Å². The number of aldehydes is 1. The molecule has 5 heteroatoms. The molecule has 1 aromatic carbocycles. The van der Waals surface area contributed by atoms with E-state index in [1.807, 2.05) is 29.0 Å². The average molecular weight is 325 g/mol. The van der Waals surface area contributed by atoms with Crippen LogP contribution in [0.25, 0.3) is 0 Å². The number of benzene rings is 1. The number of hydrogen-bond donors (Lipinski definition) is 0. The fourth-order valence-electron chi connectivity index (χ4n) is 2.30. The quantitative estimate of drug-likeness (QED) is 0.798. The summed E-state index contributed by atoms with van der Waals surface area (Å²) in [7, 11) is 1.84. The normalized spacial score (nSPS) is 14.5. The number of halogens is 1. The molecule has 0 spiro atoms. The fourth-order valence-corrected chi connectivity index (χ4v) is 2.65. The van der Waals surface area contributed by atoms with E-state index in [9.17, 15) is 9.59 Å². The highest BCUT2D eigenvalue weighted by atomic mass is 79.9. The highest BCUT2D eigenvalue weighted by Crippen LogP contribution is 2.23. The Bertz CT molecular complexity index is 484. The third-order valence-electron chi connectivity index (χ3n) is 3.36. The van der Waals surface area contributed by atoms with Gasteiger partial charge in [0.05, 0.1) is 6.54 Å². The van der Waals surface area contributed by atoms with Crippen molar-refractivity contribution in [1.29, 1.82) is 0 Å². The minimum absolute atomic E-state index is 0.122. The minimum atomic E-state index is 0.122. The van der Waals surface area contributed by atoms with Gasteiger partial charge in [0.2, 0.25) is 5.91 Å². The zero-order valence-electron chi connectivity index (χ0n) is 10.9. The lowest BCUT2D eigenvalue weighted by molar-refractivity contribution is -0.128. The molecule has 0 aromatic heterocycles. The monoisotopic (exact) mass is 324 g/mol. The van der Waals surface area contributed by atoms with Crippen LogP contribution >= 0.6 is 15.9 Å². The highest BCUT2D eigenvalue weighted by Gasteiger charge is 2.20. The molecule has 1 aliphatic heterocycles. The maximum Gasteiger partial charge on any atom is 0.242 e. The Balaban J connectivity index is 2.10. The summed E-state index contributed by atoms with van der Waals surface area (Å²) >= 11 is 3.39. The van der Waals surface area contributed by atoms with Gasteiger partial charge in [0.1, 0.15) is 0 Å². The van der Waals surface area contributed by atoms with Gasteiger partial charge in [0.15, 0.2) is 6.29 Å². The molecule has 0 saturated carbocycles. The van der Waals surface area contributed by atoms with Crippen LogP contribution in [-0.2, 0) is 4.79 Å². The van der Waals surface area contributed by atoms with Crippen molar-refractivity contribution in [1.82, 2.24) is 4.90 Å². The molecule has 1 heterocycles. The van der Waals surface area contributed by atoms with Crippen molar-refractivity contribution in [2.24, 2.45) is 0 Å². The molecule has 1 aromatic rings. The summed E-state index contributed by atoms with van der Waals surface area (Å²) in [5, 5.41) is 0. The topological polar surface area (TPSA) is 40.6 Å². The number of anilines is 1. The van der Waals surface area contributed by atoms with Gasteiger partial charge in [-0.15, -0.1) is 0 Å². The lowest BCUT2D eigenvalue weighted by Gasteiger charge is -2.24. The van der Waals surface area contributed by atoms with Crippen LogP contribution in [0.3, 0.4) is 0 Å². The fraction of sp³-hybridized carbons (Fsp3) is 0.429. The van der Waals surface area contributed by atoms with Crippen molar-refractivity contribution in [3.8, 4) is 0 Å². The van der Waals surface area contributed by atoms with Crippen LogP contribution in [-0.4, -0.2) is 43.8 Å². The van der Waals surface area contributed by atoms with Gasteiger partial charge in [-0.25, -0.2) is 0 Å². The summed E-state index contributed by atoms with van der Waals surface area (Å²) in [6.07, 6.45) is 3.00. The predicted molar refractivity (Wildman–Crippen MR) is 78.6 cm³/mol. The van der Waals surface area contributed by atoms with Crippen LogP contribution < -0.4 is 4.90 Å². The molecule has 0 aliphatic carbocycles. The highest BCUT2D eigenvalue weighted by molar-refractivity contribution is 9.10. The molecule has 1 amide bonds. The zero-order chi connectivity index (χ0) is 13.8. The first-order chi connectivity index (χ1) is 9.11. The molecule has 0 radical (unpaired) electrons. The van der Waals surface area contributed by atoms with E-state index in [1.54, 1.807) is 6.07 Å². The van der Waals surface area contributed by atoms with E-state index in [1.165, 1.54) is 0 Å². The molecule has 4 nitrogen and oxygen atoms in total. The summed E-state index contributed by atoms with van der Waals surface area (Å²) < 4.78 is 0.897. The molecule has 102 valence electrons. The summed E-state index contributed by atoms with van der Waals surface area (Å²) in [5.74, 6) is 0.122. The Kier molecular flexibility index (Phi) is 4.58. The number of nitrogens with zero attached hydrogens (tertiary/aromatic N) is 2. The van der Waals surface area contributed by atoms with Gasteiger partial charge in [-0.3, -0.25) is 9.59 Å².